The monoisotopic (exact) mass is 334 g/mol. The van der Waals surface area contributed by atoms with E-state index in [0.717, 1.165) is 0 Å². The van der Waals surface area contributed by atoms with Crippen LogP contribution < -0.4 is 14.8 Å². The van der Waals surface area contributed by atoms with E-state index in [-0.39, 0.29) is 17.0 Å². The largest absolute Gasteiger partial charge is 0.486 e. The summed E-state index contributed by atoms with van der Waals surface area (Å²) in [5.41, 5.74) is -0.0281. The molecule has 3 rings (SSSR count). The van der Waals surface area contributed by atoms with Gasteiger partial charge in [0.1, 0.15) is 18.8 Å². The molecule has 0 atom stereocenters. The number of hydrogen-bond acceptors (Lipinski definition) is 5. The van der Waals surface area contributed by atoms with Crippen molar-refractivity contribution in [3.8, 4) is 11.5 Å². The van der Waals surface area contributed by atoms with E-state index in [1.807, 2.05) is 0 Å². The van der Waals surface area contributed by atoms with Crippen LogP contribution in [0.2, 0.25) is 5.02 Å². The van der Waals surface area contributed by atoms with Crippen molar-refractivity contribution in [2.45, 2.75) is 0 Å². The highest BCUT2D eigenvalue weighted by molar-refractivity contribution is 6.31. The zero-order valence-corrected chi connectivity index (χ0v) is 12.5. The highest BCUT2D eigenvalue weighted by Crippen LogP contribution is 2.36. The summed E-state index contributed by atoms with van der Waals surface area (Å²) < 4.78 is 10.7. The molecule has 1 aliphatic heterocycles. The van der Waals surface area contributed by atoms with Crippen molar-refractivity contribution in [3.05, 3.63) is 57.1 Å². The molecule has 1 heterocycles. The van der Waals surface area contributed by atoms with Gasteiger partial charge in [0.25, 0.3) is 11.6 Å². The molecular weight excluding hydrogens is 324 g/mol. The van der Waals surface area contributed by atoms with Gasteiger partial charge in [-0.05, 0) is 18.2 Å². The molecule has 0 spiro atoms. The molecule has 2 aromatic rings. The predicted octanol–water partition coefficient (Wildman–Crippen LogP) is 3.27. The molecule has 1 amide bonds. The zero-order chi connectivity index (χ0) is 16.4. The Morgan fingerprint density at radius 3 is 2.52 bits per heavy atom. The molecule has 1 aliphatic rings. The number of halogens is 1. The predicted molar refractivity (Wildman–Crippen MR) is 83.5 cm³/mol. The van der Waals surface area contributed by atoms with Crippen LogP contribution in [0.25, 0.3) is 0 Å². The lowest BCUT2D eigenvalue weighted by Gasteiger charge is -2.18. The molecule has 0 radical (unpaired) electrons. The van der Waals surface area contributed by atoms with E-state index in [9.17, 15) is 14.9 Å². The number of nitro benzene ring substituents is 1. The zero-order valence-electron chi connectivity index (χ0n) is 11.7. The first-order valence-corrected chi connectivity index (χ1v) is 7.07. The summed E-state index contributed by atoms with van der Waals surface area (Å²) in [6, 6.07) is 9.00. The maximum absolute atomic E-state index is 12.4. The summed E-state index contributed by atoms with van der Waals surface area (Å²) in [4.78, 5) is 23.0. The number of nitro groups is 1. The van der Waals surface area contributed by atoms with Crippen LogP contribution in [0.1, 0.15) is 10.4 Å². The SMILES string of the molecule is O=C(Nc1cccc(Cl)c1)c1cc2c(cc1[N+](=O)[O-])OCCO2. The van der Waals surface area contributed by atoms with Crippen LogP contribution in [0.15, 0.2) is 36.4 Å². The minimum absolute atomic E-state index is 0.112. The number of nitrogens with one attached hydrogen (secondary N) is 1. The number of anilines is 1. The van der Waals surface area contributed by atoms with Gasteiger partial charge < -0.3 is 14.8 Å². The van der Waals surface area contributed by atoms with Crippen molar-refractivity contribution >= 4 is 28.9 Å². The van der Waals surface area contributed by atoms with Crippen LogP contribution in [0.5, 0.6) is 11.5 Å². The third-order valence-electron chi connectivity index (χ3n) is 3.18. The number of carbonyl (C=O) groups excluding carboxylic acids is 1. The molecule has 0 saturated heterocycles. The molecule has 8 heteroatoms. The van der Waals surface area contributed by atoms with E-state index in [1.54, 1.807) is 24.3 Å². The molecule has 0 unspecified atom stereocenters. The first-order chi connectivity index (χ1) is 11.0. The fourth-order valence-corrected chi connectivity index (χ4v) is 2.37. The molecule has 0 aromatic heterocycles. The normalized spacial score (nSPS) is 12.6. The lowest BCUT2D eigenvalue weighted by molar-refractivity contribution is -0.385. The van der Waals surface area contributed by atoms with Crippen molar-refractivity contribution in [2.24, 2.45) is 0 Å². The van der Waals surface area contributed by atoms with E-state index >= 15 is 0 Å². The molecular formula is C15H11ClN2O5. The number of benzene rings is 2. The van der Waals surface area contributed by atoms with Gasteiger partial charge in [0.15, 0.2) is 11.5 Å². The Morgan fingerprint density at radius 2 is 1.87 bits per heavy atom. The van der Waals surface area contributed by atoms with Gasteiger partial charge in [-0.15, -0.1) is 0 Å². The number of hydrogen-bond donors (Lipinski definition) is 1. The van der Waals surface area contributed by atoms with E-state index in [0.29, 0.717) is 29.7 Å². The molecule has 0 bridgehead atoms. The summed E-state index contributed by atoms with van der Waals surface area (Å²) in [6.45, 7) is 0.623. The smallest absolute Gasteiger partial charge is 0.286 e. The van der Waals surface area contributed by atoms with E-state index in [1.165, 1.54) is 12.1 Å². The highest BCUT2D eigenvalue weighted by Gasteiger charge is 2.26. The molecule has 1 N–H and O–H groups in total. The second-order valence-electron chi connectivity index (χ2n) is 4.73. The van der Waals surface area contributed by atoms with Crippen LogP contribution in [0.4, 0.5) is 11.4 Å². The first kappa shape index (κ1) is 15.1. The van der Waals surface area contributed by atoms with Gasteiger partial charge in [-0.1, -0.05) is 17.7 Å². The average Bonchev–Trinajstić information content (AvgIpc) is 2.53. The molecule has 2 aromatic carbocycles. The molecule has 118 valence electrons. The van der Waals surface area contributed by atoms with Gasteiger partial charge in [0, 0.05) is 16.8 Å². The minimum atomic E-state index is -0.634. The molecule has 0 fully saturated rings. The van der Waals surface area contributed by atoms with Crippen LogP contribution in [-0.4, -0.2) is 24.0 Å². The number of fused-ring (bicyclic) bond motifs is 1. The number of carbonyl (C=O) groups is 1. The summed E-state index contributed by atoms with van der Waals surface area (Å²) in [5, 5.41) is 14.2. The number of nitrogens with zero attached hydrogens (tertiary/aromatic N) is 1. The second-order valence-corrected chi connectivity index (χ2v) is 5.17. The van der Waals surface area contributed by atoms with Gasteiger partial charge in [-0.25, -0.2) is 0 Å². The third kappa shape index (κ3) is 3.19. The van der Waals surface area contributed by atoms with Gasteiger partial charge in [0.2, 0.25) is 0 Å². The Morgan fingerprint density at radius 1 is 1.17 bits per heavy atom. The fraction of sp³-hybridized carbons (Fsp3) is 0.133. The molecule has 0 aliphatic carbocycles. The quantitative estimate of drug-likeness (QED) is 0.687. The lowest BCUT2D eigenvalue weighted by Crippen LogP contribution is -2.18. The Labute approximate surface area is 135 Å². The molecule has 7 nitrogen and oxygen atoms in total. The first-order valence-electron chi connectivity index (χ1n) is 6.69. The summed E-state index contributed by atoms with van der Waals surface area (Å²) in [5.74, 6) is -0.0729. The summed E-state index contributed by atoms with van der Waals surface area (Å²) in [7, 11) is 0. The summed E-state index contributed by atoms with van der Waals surface area (Å²) in [6.07, 6.45) is 0. The van der Waals surface area contributed by atoms with Gasteiger partial charge >= 0.3 is 0 Å². The van der Waals surface area contributed by atoms with Gasteiger partial charge in [-0.3, -0.25) is 14.9 Å². The maximum Gasteiger partial charge on any atom is 0.286 e. The standard InChI is InChI=1S/C15H11ClN2O5/c16-9-2-1-3-10(6-9)17-15(19)11-7-13-14(23-5-4-22-13)8-12(11)18(20)21/h1-3,6-8H,4-5H2,(H,17,19). The molecule has 23 heavy (non-hydrogen) atoms. The van der Waals surface area contributed by atoms with Crippen molar-refractivity contribution in [2.75, 3.05) is 18.5 Å². The summed E-state index contributed by atoms with van der Waals surface area (Å²) >= 11 is 5.85. The maximum atomic E-state index is 12.4. The Balaban J connectivity index is 1.97. The topological polar surface area (TPSA) is 90.7 Å². The van der Waals surface area contributed by atoms with Crippen LogP contribution in [0.3, 0.4) is 0 Å². The van der Waals surface area contributed by atoms with Crippen molar-refractivity contribution in [1.82, 2.24) is 0 Å². The number of ether oxygens (including phenoxy) is 2. The van der Waals surface area contributed by atoms with Gasteiger partial charge in [0.05, 0.1) is 11.0 Å². The third-order valence-corrected chi connectivity index (χ3v) is 3.42. The van der Waals surface area contributed by atoms with Crippen LogP contribution >= 0.6 is 11.6 Å². The minimum Gasteiger partial charge on any atom is -0.486 e. The van der Waals surface area contributed by atoms with Crippen molar-refractivity contribution < 1.29 is 19.2 Å². The lowest BCUT2D eigenvalue weighted by atomic mass is 10.1. The van der Waals surface area contributed by atoms with Crippen molar-refractivity contribution in [1.29, 1.82) is 0 Å². The number of rotatable bonds is 3. The van der Waals surface area contributed by atoms with Crippen molar-refractivity contribution in [3.63, 3.8) is 0 Å². The van der Waals surface area contributed by atoms with Gasteiger partial charge in [-0.2, -0.15) is 0 Å². The van der Waals surface area contributed by atoms with E-state index in [2.05, 4.69) is 5.32 Å². The number of amides is 1. The molecule has 0 saturated carbocycles. The fourth-order valence-electron chi connectivity index (χ4n) is 2.18. The van der Waals surface area contributed by atoms with Crippen LogP contribution in [0, 0.1) is 10.1 Å². The Bertz CT molecular complexity index is 793. The average molecular weight is 335 g/mol. The van der Waals surface area contributed by atoms with E-state index in [4.69, 9.17) is 21.1 Å². The Kier molecular flexibility index (Phi) is 4.03. The highest BCUT2D eigenvalue weighted by atomic mass is 35.5. The van der Waals surface area contributed by atoms with Crippen LogP contribution in [-0.2, 0) is 0 Å². The Hall–Kier alpha value is -2.80. The second kappa shape index (κ2) is 6.13. The van der Waals surface area contributed by atoms with E-state index < -0.39 is 10.8 Å².